The van der Waals surface area contributed by atoms with E-state index in [1.165, 1.54) is 0 Å². The zero-order valence-corrected chi connectivity index (χ0v) is 12.4. The van der Waals surface area contributed by atoms with Gasteiger partial charge in [0.2, 0.25) is 0 Å². The van der Waals surface area contributed by atoms with Gasteiger partial charge in [0.25, 0.3) is 5.91 Å². The fraction of sp³-hybridized carbons (Fsp3) is 0.583. The van der Waals surface area contributed by atoms with Gasteiger partial charge in [-0.2, -0.15) is 10.2 Å². The Labute approximate surface area is 110 Å². The van der Waals surface area contributed by atoms with Crippen LogP contribution in [0.3, 0.4) is 0 Å². The van der Waals surface area contributed by atoms with Crippen LogP contribution in [0.15, 0.2) is 6.07 Å². The van der Waals surface area contributed by atoms with Crippen molar-refractivity contribution in [2.24, 2.45) is 0 Å². The second kappa shape index (κ2) is 5.12. The van der Waals surface area contributed by atoms with Crippen LogP contribution in [-0.4, -0.2) is 26.5 Å². The van der Waals surface area contributed by atoms with E-state index < -0.39 is 0 Å². The highest BCUT2D eigenvalue weighted by atomic mass is 79.9. The maximum absolute atomic E-state index is 12.1. The van der Waals surface area contributed by atoms with E-state index >= 15 is 0 Å². The second-order valence-electron chi connectivity index (χ2n) is 4.78. The fourth-order valence-electron chi connectivity index (χ4n) is 1.24. The van der Waals surface area contributed by atoms with Gasteiger partial charge in [-0.3, -0.25) is 4.79 Å². The summed E-state index contributed by atoms with van der Waals surface area (Å²) in [6.45, 7) is 9.55. The van der Waals surface area contributed by atoms with Crippen molar-refractivity contribution < 1.29 is 4.79 Å². The molecule has 1 atom stereocenters. The van der Waals surface area contributed by atoms with Crippen molar-refractivity contribution in [1.82, 2.24) is 15.5 Å². The average Bonchev–Trinajstić information content (AvgIpc) is 2.20. The number of hydrogen-bond donors (Lipinski definition) is 1. The van der Waals surface area contributed by atoms with Gasteiger partial charge in [-0.25, -0.2) is 0 Å². The number of carbonyl (C=O) groups is 1. The Balaban J connectivity index is 2.94. The van der Waals surface area contributed by atoms with Crippen LogP contribution in [0.4, 0.5) is 0 Å². The van der Waals surface area contributed by atoms with Gasteiger partial charge in [0.1, 0.15) is 0 Å². The first kappa shape index (κ1) is 14.1. The van der Waals surface area contributed by atoms with E-state index in [4.69, 9.17) is 0 Å². The Morgan fingerprint density at radius 3 is 2.53 bits per heavy atom. The molecule has 1 aromatic heterocycles. The summed E-state index contributed by atoms with van der Waals surface area (Å²) in [7, 11) is 0. The SMILES string of the molecule is Cc1cc(C(=O)NC(C)(C)C(C)Br)c(C)nn1. The van der Waals surface area contributed by atoms with E-state index in [1.54, 1.807) is 13.0 Å². The lowest BCUT2D eigenvalue weighted by Gasteiger charge is -2.29. The first-order chi connectivity index (χ1) is 7.74. The minimum absolute atomic E-state index is 0.114. The molecule has 1 amide bonds. The first-order valence-corrected chi connectivity index (χ1v) is 6.43. The average molecular weight is 300 g/mol. The monoisotopic (exact) mass is 299 g/mol. The van der Waals surface area contributed by atoms with Crippen molar-refractivity contribution >= 4 is 21.8 Å². The normalized spacial score (nSPS) is 13.3. The summed E-state index contributed by atoms with van der Waals surface area (Å²) in [4.78, 5) is 12.3. The molecule has 0 saturated carbocycles. The van der Waals surface area contributed by atoms with Crippen LogP contribution < -0.4 is 5.32 Å². The van der Waals surface area contributed by atoms with Crippen molar-refractivity contribution in [3.05, 3.63) is 23.0 Å². The molecule has 0 spiro atoms. The Bertz CT molecular complexity index is 430. The summed E-state index contributed by atoms with van der Waals surface area (Å²) >= 11 is 3.49. The Kier molecular flexibility index (Phi) is 4.25. The van der Waals surface area contributed by atoms with Gasteiger partial charge in [-0.1, -0.05) is 22.9 Å². The minimum atomic E-state index is -0.319. The van der Waals surface area contributed by atoms with E-state index in [9.17, 15) is 4.79 Å². The van der Waals surface area contributed by atoms with Crippen LogP contribution in [0.25, 0.3) is 0 Å². The standard InChI is InChI=1S/C12H18BrN3O/c1-7-6-10(8(2)16-15-7)11(17)14-12(4,5)9(3)13/h6,9H,1-5H3,(H,14,17). The summed E-state index contributed by atoms with van der Waals surface area (Å²) < 4.78 is 0. The number of halogens is 1. The quantitative estimate of drug-likeness (QED) is 0.872. The molecule has 0 bridgehead atoms. The third-order valence-corrected chi connectivity index (χ3v) is 3.92. The molecule has 0 aliphatic heterocycles. The Morgan fingerprint density at radius 2 is 2.00 bits per heavy atom. The number of rotatable bonds is 3. The van der Waals surface area contributed by atoms with Gasteiger partial charge in [0, 0.05) is 10.4 Å². The predicted octanol–water partition coefficient (Wildman–Crippen LogP) is 2.39. The fourth-order valence-corrected chi connectivity index (χ4v) is 1.35. The number of alkyl halides is 1. The largest absolute Gasteiger partial charge is 0.346 e. The third kappa shape index (κ3) is 3.49. The van der Waals surface area contributed by atoms with Gasteiger partial charge < -0.3 is 5.32 Å². The Morgan fingerprint density at radius 1 is 1.41 bits per heavy atom. The molecule has 1 unspecified atom stereocenters. The number of hydrogen-bond acceptors (Lipinski definition) is 3. The van der Waals surface area contributed by atoms with Crippen molar-refractivity contribution in [3.8, 4) is 0 Å². The summed E-state index contributed by atoms with van der Waals surface area (Å²) in [5.41, 5.74) is 1.65. The van der Waals surface area contributed by atoms with Crippen molar-refractivity contribution in [2.45, 2.75) is 45.0 Å². The van der Waals surface area contributed by atoms with Gasteiger partial charge in [-0.05, 0) is 33.8 Å². The molecule has 1 heterocycles. The molecule has 0 aliphatic rings. The zero-order chi connectivity index (χ0) is 13.2. The highest BCUT2D eigenvalue weighted by Crippen LogP contribution is 2.18. The van der Waals surface area contributed by atoms with E-state index in [0.717, 1.165) is 5.69 Å². The second-order valence-corrected chi connectivity index (χ2v) is 6.15. The molecule has 1 aromatic rings. The molecule has 94 valence electrons. The third-order valence-electron chi connectivity index (χ3n) is 2.78. The molecule has 0 saturated heterocycles. The number of nitrogens with one attached hydrogen (secondary N) is 1. The number of aromatic nitrogens is 2. The molecule has 17 heavy (non-hydrogen) atoms. The molecule has 0 aromatic carbocycles. The van der Waals surface area contributed by atoms with Crippen LogP contribution in [0.1, 0.15) is 42.5 Å². The van der Waals surface area contributed by atoms with Crippen LogP contribution >= 0.6 is 15.9 Å². The number of carbonyl (C=O) groups excluding carboxylic acids is 1. The van der Waals surface area contributed by atoms with Gasteiger partial charge in [0.05, 0.1) is 17.0 Å². The van der Waals surface area contributed by atoms with Gasteiger partial charge in [-0.15, -0.1) is 0 Å². The smallest absolute Gasteiger partial charge is 0.253 e. The molecular weight excluding hydrogens is 282 g/mol. The summed E-state index contributed by atoms with van der Waals surface area (Å²) in [6.07, 6.45) is 0. The number of amides is 1. The van der Waals surface area contributed by atoms with Crippen molar-refractivity contribution in [3.63, 3.8) is 0 Å². The van der Waals surface area contributed by atoms with Crippen LogP contribution in [0, 0.1) is 13.8 Å². The molecule has 0 radical (unpaired) electrons. The topological polar surface area (TPSA) is 54.9 Å². The lowest BCUT2D eigenvalue weighted by atomic mass is 10.0. The highest BCUT2D eigenvalue weighted by molar-refractivity contribution is 9.09. The van der Waals surface area contributed by atoms with Gasteiger partial charge >= 0.3 is 0 Å². The van der Waals surface area contributed by atoms with Crippen molar-refractivity contribution in [1.29, 1.82) is 0 Å². The molecular formula is C12H18BrN3O. The van der Waals surface area contributed by atoms with Crippen LogP contribution in [-0.2, 0) is 0 Å². The lowest BCUT2D eigenvalue weighted by molar-refractivity contribution is 0.0912. The van der Waals surface area contributed by atoms with E-state index in [1.807, 2.05) is 27.7 Å². The van der Waals surface area contributed by atoms with Crippen LogP contribution in [0.5, 0.6) is 0 Å². The molecule has 0 aliphatic carbocycles. The highest BCUT2D eigenvalue weighted by Gasteiger charge is 2.26. The predicted molar refractivity (Wildman–Crippen MR) is 71.4 cm³/mol. The zero-order valence-electron chi connectivity index (χ0n) is 10.8. The summed E-state index contributed by atoms with van der Waals surface area (Å²) in [5, 5.41) is 10.9. The van der Waals surface area contributed by atoms with E-state index in [0.29, 0.717) is 11.3 Å². The molecule has 1 N–H and O–H groups in total. The molecule has 0 fully saturated rings. The van der Waals surface area contributed by atoms with E-state index in [2.05, 4.69) is 31.4 Å². The summed E-state index contributed by atoms with van der Waals surface area (Å²) in [6, 6.07) is 1.76. The first-order valence-electron chi connectivity index (χ1n) is 5.51. The molecule has 4 nitrogen and oxygen atoms in total. The lowest BCUT2D eigenvalue weighted by Crippen LogP contribution is -2.49. The number of aryl methyl sites for hydroxylation is 2. The molecule has 5 heteroatoms. The maximum Gasteiger partial charge on any atom is 0.253 e. The van der Waals surface area contributed by atoms with E-state index in [-0.39, 0.29) is 16.3 Å². The van der Waals surface area contributed by atoms with Gasteiger partial charge in [0.15, 0.2) is 0 Å². The molecule has 1 rings (SSSR count). The summed E-state index contributed by atoms with van der Waals surface area (Å²) in [5.74, 6) is -0.114. The van der Waals surface area contributed by atoms with Crippen molar-refractivity contribution in [2.75, 3.05) is 0 Å². The van der Waals surface area contributed by atoms with Crippen LogP contribution in [0.2, 0.25) is 0 Å². The Hall–Kier alpha value is -0.970. The number of nitrogens with zero attached hydrogens (tertiary/aromatic N) is 2. The minimum Gasteiger partial charge on any atom is -0.346 e. The maximum atomic E-state index is 12.1.